The molecule has 3 nitrogen and oxygen atoms in total. The number of halogens is 1. The van der Waals surface area contributed by atoms with Crippen molar-refractivity contribution in [2.45, 2.75) is 38.1 Å². The molecule has 2 N–H and O–H groups in total. The van der Waals surface area contributed by atoms with Gasteiger partial charge in [0.15, 0.2) is 0 Å². The molecule has 2 fully saturated rings. The maximum atomic E-state index is 12.0. The summed E-state index contributed by atoms with van der Waals surface area (Å²) < 4.78 is 0. The number of benzene rings is 1. The van der Waals surface area contributed by atoms with Crippen LogP contribution >= 0.6 is 11.6 Å². The fourth-order valence-corrected chi connectivity index (χ4v) is 3.45. The van der Waals surface area contributed by atoms with Gasteiger partial charge in [0.05, 0.1) is 0 Å². The van der Waals surface area contributed by atoms with Crippen LogP contribution in [-0.2, 0) is 11.2 Å². The molecule has 1 aliphatic heterocycles. The highest BCUT2D eigenvalue weighted by Crippen LogP contribution is 2.33. The van der Waals surface area contributed by atoms with E-state index < -0.39 is 0 Å². The quantitative estimate of drug-likeness (QED) is 0.930. The monoisotopic (exact) mass is 306 g/mol. The summed E-state index contributed by atoms with van der Waals surface area (Å²) in [6, 6.07) is 8.09. The number of nitrogens with two attached hydrogens (primary N) is 1. The van der Waals surface area contributed by atoms with Crippen LogP contribution in [0, 0.1) is 11.8 Å². The Balaban J connectivity index is 1.50. The van der Waals surface area contributed by atoms with Crippen LogP contribution in [0.25, 0.3) is 0 Å². The van der Waals surface area contributed by atoms with E-state index in [1.54, 1.807) is 0 Å². The lowest BCUT2D eigenvalue weighted by molar-refractivity contribution is -0.134. The Morgan fingerprint density at radius 1 is 1.29 bits per heavy atom. The normalized spacial score (nSPS) is 21.3. The Kier molecular flexibility index (Phi) is 4.51. The Bertz CT molecular complexity index is 507. The Hall–Kier alpha value is -1.06. The number of nitrogens with zero attached hydrogens (tertiary/aromatic N) is 1. The molecule has 21 heavy (non-hydrogen) atoms. The molecule has 0 spiro atoms. The SMILES string of the molecule is NC(Cc1cccc(Cl)c1)C1CCN(C(=O)C2CC2)CC1. The van der Waals surface area contributed by atoms with Gasteiger partial charge in [-0.05, 0) is 55.7 Å². The first-order valence-corrected chi connectivity index (χ1v) is 8.30. The number of hydrogen-bond acceptors (Lipinski definition) is 2. The lowest BCUT2D eigenvalue weighted by Gasteiger charge is -2.35. The highest BCUT2D eigenvalue weighted by molar-refractivity contribution is 6.30. The van der Waals surface area contributed by atoms with Crippen molar-refractivity contribution < 1.29 is 4.79 Å². The standard InChI is InChI=1S/C17H23ClN2O/c18-15-3-1-2-12(10-15)11-16(19)13-6-8-20(9-7-13)17(21)14-4-5-14/h1-3,10,13-14,16H,4-9,11,19H2. The summed E-state index contributed by atoms with van der Waals surface area (Å²) in [6.45, 7) is 1.76. The van der Waals surface area contributed by atoms with Gasteiger partial charge in [0, 0.05) is 30.1 Å². The number of carbonyl (C=O) groups is 1. The van der Waals surface area contributed by atoms with Gasteiger partial charge in [-0.25, -0.2) is 0 Å². The van der Waals surface area contributed by atoms with Crippen molar-refractivity contribution in [3.05, 3.63) is 34.9 Å². The number of hydrogen-bond donors (Lipinski definition) is 1. The first-order chi connectivity index (χ1) is 10.1. The van der Waals surface area contributed by atoms with E-state index in [9.17, 15) is 4.79 Å². The predicted molar refractivity (Wildman–Crippen MR) is 85.2 cm³/mol. The molecular weight excluding hydrogens is 284 g/mol. The summed E-state index contributed by atoms with van der Waals surface area (Å²) in [6.07, 6.45) is 5.10. The fourth-order valence-electron chi connectivity index (χ4n) is 3.24. The maximum absolute atomic E-state index is 12.0. The second kappa shape index (κ2) is 6.37. The minimum Gasteiger partial charge on any atom is -0.342 e. The van der Waals surface area contributed by atoms with Crippen molar-refractivity contribution >= 4 is 17.5 Å². The van der Waals surface area contributed by atoms with Gasteiger partial charge in [0.1, 0.15) is 0 Å². The van der Waals surface area contributed by atoms with Gasteiger partial charge in [-0.1, -0.05) is 23.7 Å². The van der Waals surface area contributed by atoms with E-state index in [0.29, 0.717) is 17.7 Å². The van der Waals surface area contributed by atoms with Gasteiger partial charge >= 0.3 is 0 Å². The average molecular weight is 307 g/mol. The molecule has 1 aromatic carbocycles. The summed E-state index contributed by atoms with van der Waals surface area (Å²) in [5.74, 6) is 1.21. The molecule has 1 aliphatic carbocycles. The molecule has 4 heteroatoms. The predicted octanol–water partition coefficient (Wildman–Crippen LogP) is 2.86. The largest absolute Gasteiger partial charge is 0.342 e. The first-order valence-electron chi connectivity index (χ1n) is 7.92. The lowest BCUT2D eigenvalue weighted by atomic mass is 9.86. The Labute approximate surface area is 131 Å². The zero-order valence-electron chi connectivity index (χ0n) is 12.3. The summed E-state index contributed by atoms with van der Waals surface area (Å²) in [4.78, 5) is 14.1. The van der Waals surface area contributed by atoms with Crippen LogP contribution in [0.1, 0.15) is 31.2 Å². The van der Waals surface area contributed by atoms with E-state index in [1.165, 1.54) is 5.56 Å². The van der Waals surface area contributed by atoms with Crippen molar-refractivity contribution in [2.24, 2.45) is 17.6 Å². The van der Waals surface area contributed by atoms with Crippen LogP contribution in [0.5, 0.6) is 0 Å². The van der Waals surface area contributed by atoms with Crippen LogP contribution in [0.15, 0.2) is 24.3 Å². The van der Waals surface area contributed by atoms with Gasteiger partial charge < -0.3 is 10.6 Å². The van der Waals surface area contributed by atoms with Crippen molar-refractivity contribution in [1.82, 2.24) is 4.90 Å². The second-order valence-corrected chi connectivity index (χ2v) is 6.87. The summed E-state index contributed by atoms with van der Waals surface area (Å²) >= 11 is 6.02. The summed E-state index contributed by atoms with van der Waals surface area (Å²) in [5, 5.41) is 0.768. The van der Waals surface area contributed by atoms with Crippen molar-refractivity contribution in [3.8, 4) is 0 Å². The van der Waals surface area contributed by atoms with Crippen LogP contribution in [0.3, 0.4) is 0 Å². The zero-order chi connectivity index (χ0) is 14.8. The molecule has 0 aromatic heterocycles. The molecule has 3 rings (SSSR count). The molecule has 1 heterocycles. The van der Waals surface area contributed by atoms with E-state index in [1.807, 2.05) is 23.1 Å². The number of rotatable bonds is 4. The minimum atomic E-state index is 0.154. The van der Waals surface area contributed by atoms with Crippen LogP contribution in [0.2, 0.25) is 5.02 Å². The van der Waals surface area contributed by atoms with E-state index in [0.717, 1.165) is 50.2 Å². The first kappa shape index (κ1) is 14.9. The second-order valence-electron chi connectivity index (χ2n) is 6.43. The maximum Gasteiger partial charge on any atom is 0.225 e. The minimum absolute atomic E-state index is 0.154. The van der Waals surface area contributed by atoms with E-state index in [2.05, 4.69) is 6.07 Å². The highest BCUT2D eigenvalue weighted by atomic mass is 35.5. The summed E-state index contributed by atoms with van der Waals surface area (Å²) in [5.41, 5.74) is 7.58. The number of amides is 1. The number of likely N-dealkylation sites (tertiary alicyclic amines) is 1. The molecule has 1 unspecified atom stereocenters. The van der Waals surface area contributed by atoms with Gasteiger partial charge in [-0.2, -0.15) is 0 Å². The number of carbonyl (C=O) groups excluding carboxylic acids is 1. The third kappa shape index (κ3) is 3.78. The fraction of sp³-hybridized carbons (Fsp3) is 0.588. The highest BCUT2D eigenvalue weighted by Gasteiger charge is 2.35. The molecule has 0 radical (unpaired) electrons. The average Bonchev–Trinajstić information content (AvgIpc) is 3.31. The molecule has 2 aliphatic rings. The van der Waals surface area contributed by atoms with Gasteiger partial charge in [-0.15, -0.1) is 0 Å². The third-order valence-electron chi connectivity index (χ3n) is 4.74. The summed E-state index contributed by atoms with van der Waals surface area (Å²) in [7, 11) is 0. The molecular formula is C17H23ClN2O. The lowest BCUT2D eigenvalue weighted by Crippen LogP contribution is -2.44. The van der Waals surface area contributed by atoms with Crippen LogP contribution in [-0.4, -0.2) is 29.9 Å². The van der Waals surface area contributed by atoms with Crippen LogP contribution < -0.4 is 5.73 Å². The Morgan fingerprint density at radius 2 is 2.00 bits per heavy atom. The molecule has 1 saturated heterocycles. The molecule has 1 saturated carbocycles. The molecule has 0 bridgehead atoms. The van der Waals surface area contributed by atoms with Crippen LogP contribution in [0.4, 0.5) is 0 Å². The van der Waals surface area contributed by atoms with Crippen molar-refractivity contribution in [3.63, 3.8) is 0 Å². The smallest absolute Gasteiger partial charge is 0.225 e. The molecule has 1 aromatic rings. The van der Waals surface area contributed by atoms with E-state index in [-0.39, 0.29) is 6.04 Å². The molecule has 114 valence electrons. The molecule has 1 atom stereocenters. The van der Waals surface area contributed by atoms with E-state index in [4.69, 9.17) is 17.3 Å². The van der Waals surface area contributed by atoms with E-state index >= 15 is 0 Å². The van der Waals surface area contributed by atoms with Gasteiger partial charge in [0.25, 0.3) is 0 Å². The third-order valence-corrected chi connectivity index (χ3v) is 4.98. The molecule has 1 amide bonds. The number of piperidine rings is 1. The van der Waals surface area contributed by atoms with Crippen molar-refractivity contribution in [1.29, 1.82) is 0 Å². The van der Waals surface area contributed by atoms with Gasteiger partial charge in [0.2, 0.25) is 5.91 Å². The zero-order valence-corrected chi connectivity index (χ0v) is 13.1. The van der Waals surface area contributed by atoms with Gasteiger partial charge in [-0.3, -0.25) is 4.79 Å². The Morgan fingerprint density at radius 3 is 2.62 bits per heavy atom. The van der Waals surface area contributed by atoms with Crippen molar-refractivity contribution in [2.75, 3.05) is 13.1 Å². The topological polar surface area (TPSA) is 46.3 Å².